The summed E-state index contributed by atoms with van der Waals surface area (Å²) >= 11 is 11.8. The molecule has 0 saturated carbocycles. The van der Waals surface area contributed by atoms with Crippen molar-refractivity contribution in [2.24, 2.45) is 5.73 Å². The molecule has 5 nitrogen and oxygen atoms in total. The molecule has 17 heavy (non-hydrogen) atoms. The van der Waals surface area contributed by atoms with Gasteiger partial charge in [-0.05, 0) is 13.0 Å². The number of nitrogens with two attached hydrogens (primary N) is 1. The van der Waals surface area contributed by atoms with Crippen molar-refractivity contribution in [1.29, 1.82) is 0 Å². The van der Waals surface area contributed by atoms with Crippen LogP contribution in [0.3, 0.4) is 0 Å². The molecule has 2 heterocycles. The fourth-order valence-electron chi connectivity index (χ4n) is 1.62. The summed E-state index contributed by atoms with van der Waals surface area (Å²) in [4.78, 5) is 19.5. The van der Waals surface area contributed by atoms with Crippen LogP contribution in [0.15, 0.2) is 12.3 Å². The Morgan fingerprint density at radius 2 is 2.35 bits per heavy atom. The number of fused-ring (bicyclic) bond motifs is 1. The van der Waals surface area contributed by atoms with Crippen LogP contribution in [-0.4, -0.2) is 20.4 Å². The predicted octanol–water partition coefficient (Wildman–Crippen LogP) is 1.87. The number of hydrogen-bond acceptors (Lipinski definition) is 3. The van der Waals surface area contributed by atoms with Gasteiger partial charge in [-0.15, -0.1) is 11.6 Å². The van der Waals surface area contributed by atoms with Gasteiger partial charge in [0.25, 0.3) is 0 Å². The maximum atomic E-state index is 11.0. The van der Waals surface area contributed by atoms with Crippen molar-refractivity contribution < 1.29 is 4.79 Å². The molecule has 2 aromatic rings. The molecule has 2 N–H and O–H groups in total. The van der Waals surface area contributed by atoms with E-state index < -0.39 is 5.91 Å². The smallest absolute Gasteiger partial charge is 0.237 e. The van der Waals surface area contributed by atoms with E-state index >= 15 is 0 Å². The summed E-state index contributed by atoms with van der Waals surface area (Å²) in [7, 11) is 0. The Morgan fingerprint density at radius 3 is 2.94 bits per heavy atom. The second-order valence-electron chi connectivity index (χ2n) is 3.63. The largest absolute Gasteiger partial charge is 0.368 e. The van der Waals surface area contributed by atoms with Crippen molar-refractivity contribution in [1.82, 2.24) is 14.5 Å². The molecule has 0 aliphatic carbocycles. The van der Waals surface area contributed by atoms with Crippen LogP contribution in [0.4, 0.5) is 0 Å². The molecule has 1 unspecified atom stereocenters. The predicted molar refractivity (Wildman–Crippen MR) is 66.0 cm³/mol. The summed E-state index contributed by atoms with van der Waals surface area (Å²) in [5.41, 5.74) is 6.34. The maximum Gasteiger partial charge on any atom is 0.237 e. The molecule has 0 spiro atoms. The summed E-state index contributed by atoms with van der Waals surface area (Å²) in [6.45, 7) is 1.76. The van der Waals surface area contributed by atoms with Gasteiger partial charge in [0.2, 0.25) is 5.91 Å². The number of alkyl halides is 1. The number of rotatable bonds is 3. The van der Waals surface area contributed by atoms with Crippen LogP contribution in [0.25, 0.3) is 11.2 Å². The van der Waals surface area contributed by atoms with Crippen LogP contribution in [0.5, 0.6) is 0 Å². The molecular weight excluding hydrogens is 263 g/mol. The first-order valence-corrected chi connectivity index (χ1v) is 5.74. The number of carbonyl (C=O) groups excluding carboxylic acids is 1. The van der Waals surface area contributed by atoms with Crippen LogP contribution in [0.2, 0.25) is 5.02 Å². The van der Waals surface area contributed by atoms with Crippen LogP contribution < -0.4 is 5.73 Å². The fraction of sp³-hybridized carbons (Fsp3) is 0.300. The zero-order valence-corrected chi connectivity index (χ0v) is 10.5. The monoisotopic (exact) mass is 272 g/mol. The van der Waals surface area contributed by atoms with Gasteiger partial charge >= 0.3 is 0 Å². The van der Waals surface area contributed by atoms with Gasteiger partial charge < -0.3 is 10.3 Å². The summed E-state index contributed by atoms with van der Waals surface area (Å²) in [6, 6.07) is 1.67. The number of imidazole rings is 1. The van der Waals surface area contributed by atoms with E-state index in [2.05, 4.69) is 9.97 Å². The lowest BCUT2D eigenvalue weighted by Crippen LogP contribution is -2.20. The summed E-state index contributed by atoms with van der Waals surface area (Å²) in [5, 5.41) is 0.136. The van der Waals surface area contributed by atoms with Crippen molar-refractivity contribution in [3.8, 4) is 0 Å². The van der Waals surface area contributed by atoms with Gasteiger partial charge in [0.05, 0.1) is 10.4 Å². The molecule has 0 radical (unpaired) electrons. The highest BCUT2D eigenvalue weighted by Crippen LogP contribution is 2.24. The van der Waals surface area contributed by atoms with Crippen LogP contribution >= 0.6 is 23.2 Å². The lowest BCUT2D eigenvalue weighted by Gasteiger charge is -2.06. The minimum absolute atomic E-state index is 0.00245. The number of halogens is 2. The number of hydrogen-bond donors (Lipinski definition) is 1. The Labute approximate surface area is 108 Å². The Kier molecular flexibility index (Phi) is 3.22. The van der Waals surface area contributed by atoms with Crippen molar-refractivity contribution >= 4 is 40.3 Å². The molecule has 2 aromatic heterocycles. The molecule has 2 rings (SSSR count). The van der Waals surface area contributed by atoms with E-state index in [4.69, 9.17) is 28.9 Å². The molecule has 1 atom stereocenters. The second kappa shape index (κ2) is 4.50. The molecule has 0 aliphatic rings. The van der Waals surface area contributed by atoms with Crippen molar-refractivity contribution in [3.05, 3.63) is 23.1 Å². The van der Waals surface area contributed by atoms with Crippen LogP contribution in [0.1, 0.15) is 18.1 Å². The number of pyridine rings is 1. The number of carbonyl (C=O) groups is 1. The SMILES string of the molecule is CC(Cl)c1nc2cc(Cl)cnc2n1CC(N)=O. The highest BCUT2D eigenvalue weighted by molar-refractivity contribution is 6.31. The Balaban J connectivity index is 2.66. The third-order valence-corrected chi connectivity index (χ3v) is 2.65. The standard InChI is InChI=1S/C10H10Cl2N4O/c1-5(11)9-15-7-2-6(12)3-14-10(7)16(9)4-8(13)17/h2-3,5H,4H2,1H3,(H2,13,17). The number of amides is 1. The van der Waals surface area contributed by atoms with Gasteiger partial charge in [0, 0.05) is 6.20 Å². The van der Waals surface area contributed by atoms with E-state index in [1.54, 1.807) is 17.6 Å². The van der Waals surface area contributed by atoms with Crippen LogP contribution in [-0.2, 0) is 11.3 Å². The van der Waals surface area contributed by atoms with Crippen molar-refractivity contribution in [2.45, 2.75) is 18.8 Å². The minimum atomic E-state index is -0.473. The van der Waals surface area contributed by atoms with Gasteiger partial charge in [-0.25, -0.2) is 9.97 Å². The van der Waals surface area contributed by atoms with E-state index in [-0.39, 0.29) is 11.9 Å². The van der Waals surface area contributed by atoms with Gasteiger partial charge in [-0.3, -0.25) is 4.79 Å². The average Bonchev–Trinajstić information content (AvgIpc) is 2.55. The van der Waals surface area contributed by atoms with E-state index in [0.29, 0.717) is 22.0 Å². The summed E-state index contributed by atoms with van der Waals surface area (Å²) < 4.78 is 1.60. The van der Waals surface area contributed by atoms with Crippen molar-refractivity contribution in [3.63, 3.8) is 0 Å². The summed E-state index contributed by atoms with van der Waals surface area (Å²) in [6.07, 6.45) is 1.49. The number of primary amides is 1. The first kappa shape index (κ1) is 12.1. The highest BCUT2D eigenvalue weighted by atomic mass is 35.5. The zero-order valence-electron chi connectivity index (χ0n) is 9.02. The van der Waals surface area contributed by atoms with E-state index in [1.807, 2.05) is 0 Å². The lowest BCUT2D eigenvalue weighted by atomic mass is 10.4. The quantitative estimate of drug-likeness (QED) is 0.867. The van der Waals surface area contributed by atoms with E-state index in [0.717, 1.165) is 0 Å². The van der Waals surface area contributed by atoms with Gasteiger partial charge in [0.1, 0.15) is 17.9 Å². The molecule has 0 aromatic carbocycles. The van der Waals surface area contributed by atoms with Gasteiger partial charge in [-0.1, -0.05) is 11.6 Å². The molecule has 0 aliphatic heterocycles. The lowest BCUT2D eigenvalue weighted by molar-refractivity contribution is -0.118. The zero-order chi connectivity index (χ0) is 12.6. The minimum Gasteiger partial charge on any atom is -0.368 e. The maximum absolute atomic E-state index is 11.0. The fourth-order valence-corrected chi connectivity index (χ4v) is 1.94. The topological polar surface area (TPSA) is 73.8 Å². The van der Waals surface area contributed by atoms with Crippen LogP contribution in [0, 0.1) is 0 Å². The molecule has 0 bridgehead atoms. The van der Waals surface area contributed by atoms with Gasteiger partial charge in [-0.2, -0.15) is 0 Å². The third-order valence-electron chi connectivity index (χ3n) is 2.25. The highest BCUT2D eigenvalue weighted by Gasteiger charge is 2.17. The molecule has 0 saturated heterocycles. The second-order valence-corrected chi connectivity index (χ2v) is 4.73. The normalized spacial score (nSPS) is 12.9. The number of aromatic nitrogens is 3. The van der Waals surface area contributed by atoms with Crippen molar-refractivity contribution in [2.75, 3.05) is 0 Å². The molecule has 90 valence electrons. The Bertz CT molecular complexity index is 579. The Morgan fingerprint density at radius 1 is 1.65 bits per heavy atom. The van der Waals surface area contributed by atoms with E-state index in [1.165, 1.54) is 6.20 Å². The molecule has 7 heteroatoms. The van der Waals surface area contributed by atoms with Gasteiger partial charge in [0.15, 0.2) is 5.65 Å². The number of nitrogens with zero attached hydrogens (tertiary/aromatic N) is 3. The Hall–Kier alpha value is -1.33. The molecular formula is C10H10Cl2N4O. The first-order chi connectivity index (χ1) is 7.99. The first-order valence-electron chi connectivity index (χ1n) is 4.93. The third kappa shape index (κ3) is 2.35. The average molecular weight is 273 g/mol. The molecule has 0 fully saturated rings. The van der Waals surface area contributed by atoms with E-state index in [9.17, 15) is 4.79 Å². The summed E-state index contributed by atoms with van der Waals surface area (Å²) in [5.74, 6) is 0.0786. The molecule has 1 amide bonds.